The summed E-state index contributed by atoms with van der Waals surface area (Å²) in [4.78, 5) is 15.0. The maximum absolute atomic E-state index is 14.4. The van der Waals surface area contributed by atoms with Gasteiger partial charge in [-0.1, -0.05) is 0 Å². The van der Waals surface area contributed by atoms with Crippen molar-refractivity contribution in [2.75, 3.05) is 36.5 Å². The first kappa shape index (κ1) is 21.0. The van der Waals surface area contributed by atoms with Crippen LogP contribution >= 0.6 is 12.4 Å². The van der Waals surface area contributed by atoms with Gasteiger partial charge in [0, 0.05) is 31.0 Å². The lowest BCUT2D eigenvalue weighted by molar-refractivity contribution is 0.122. The highest BCUT2D eigenvalue weighted by Crippen LogP contribution is 2.25. The maximum atomic E-state index is 14.4. The quantitative estimate of drug-likeness (QED) is 0.679. The summed E-state index contributed by atoms with van der Waals surface area (Å²) in [5.74, 6) is 0.698. The molecule has 3 heterocycles. The number of hydrogen-bond acceptors (Lipinski definition) is 6. The van der Waals surface area contributed by atoms with E-state index in [-0.39, 0.29) is 18.1 Å². The van der Waals surface area contributed by atoms with Crippen molar-refractivity contribution < 1.29 is 9.13 Å². The lowest BCUT2D eigenvalue weighted by atomic mass is 10.2. The number of aromatic nitrogens is 4. The molecule has 29 heavy (non-hydrogen) atoms. The van der Waals surface area contributed by atoms with Gasteiger partial charge in [-0.3, -0.25) is 0 Å². The van der Waals surface area contributed by atoms with Crippen molar-refractivity contribution in [2.24, 2.45) is 0 Å². The van der Waals surface area contributed by atoms with Crippen LogP contribution in [0.4, 0.5) is 21.7 Å². The molecule has 0 radical (unpaired) electrons. The summed E-state index contributed by atoms with van der Waals surface area (Å²) in [5, 5.41) is 3.15. The molecule has 7 nitrogen and oxygen atoms in total. The van der Waals surface area contributed by atoms with Crippen LogP contribution < -0.4 is 10.2 Å². The fourth-order valence-corrected chi connectivity index (χ4v) is 3.37. The Kier molecular flexibility index (Phi) is 6.66. The Bertz CT molecular complexity index is 956. The van der Waals surface area contributed by atoms with Gasteiger partial charge in [-0.25, -0.2) is 19.3 Å². The van der Waals surface area contributed by atoms with Gasteiger partial charge in [-0.2, -0.15) is 0 Å². The number of benzene rings is 1. The van der Waals surface area contributed by atoms with Crippen LogP contribution in [0.2, 0.25) is 0 Å². The molecule has 1 aliphatic rings. The number of rotatable bonds is 5. The van der Waals surface area contributed by atoms with Crippen LogP contribution in [-0.4, -0.2) is 45.8 Å². The van der Waals surface area contributed by atoms with E-state index in [1.165, 1.54) is 6.20 Å². The van der Waals surface area contributed by atoms with Gasteiger partial charge in [0.25, 0.3) is 0 Å². The molecule has 0 bridgehead atoms. The van der Waals surface area contributed by atoms with E-state index >= 15 is 0 Å². The van der Waals surface area contributed by atoms with E-state index in [0.29, 0.717) is 18.2 Å². The first-order chi connectivity index (χ1) is 13.7. The number of halogens is 2. The van der Waals surface area contributed by atoms with Gasteiger partial charge >= 0.3 is 0 Å². The molecule has 0 spiro atoms. The minimum absolute atomic E-state index is 0. The molecule has 3 aromatic rings. The predicted molar refractivity (Wildman–Crippen MR) is 114 cm³/mol. The van der Waals surface area contributed by atoms with Gasteiger partial charge in [0.05, 0.1) is 31.3 Å². The summed E-state index contributed by atoms with van der Waals surface area (Å²) >= 11 is 0. The van der Waals surface area contributed by atoms with E-state index in [1.54, 1.807) is 6.20 Å². The van der Waals surface area contributed by atoms with Crippen LogP contribution in [0.15, 0.2) is 36.7 Å². The summed E-state index contributed by atoms with van der Waals surface area (Å²) < 4.78 is 21.7. The molecule has 154 valence electrons. The van der Waals surface area contributed by atoms with E-state index in [4.69, 9.17) is 4.74 Å². The molecule has 0 unspecified atom stereocenters. The van der Waals surface area contributed by atoms with Gasteiger partial charge < -0.3 is 19.5 Å². The SMILES string of the molecule is CCn1c(-c2nc(Nc3ccc(N4CCOCC4)cc3)ncc2F)cnc1C.Cl. The summed E-state index contributed by atoms with van der Waals surface area (Å²) in [6.07, 6.45) is 2.83. The number of ether oxygens (including phenoxy) is 1. The number of nitrogens with one attached hydrogen (secondary N) is 1. The number of nitrogens with zero attached hydrogens (tertiary/aromatic N) is 5. The van der Waals surface area contributed by atoms with Crippen molar-refractivity contribution >= 4 is 29.7 Å². The molecule has 0 saturated carbocycles. The lowest BCUT2D eigenvalue weighted by Crippen LogP contribution is -2.36. The van der Waals surface area contributed by atoms with Crippen molar-refractivity contribution in [3.63, 3.8) is 0 Å². The summed E-state index contributed by atoms with van der Waals surface area (Å²) in [5.41, 5.74) is 2.88. The van der Waals surface area contributed by atoms with Gasteiger partial charge in [-0.15, -0.1) is 12.4 Å². The number of aryl methyl sites for hydroxylation is 1. The van der Waals surface area contributed by atoms with Gasteiger partial charge in [0.2, 0.25) is 5.95 Å². The molecule has 1 N–H and O–H groups in total. The van der Waals surface area contributed by atoms with Crippen LogP contribution in [0.3, 0.4) is 0 Å². The van der Waals surface area contributed by atoms with Crippen LogP contribution in [-0.2, 0) is 11.3 Å². The standard InChI is InChI=1S/C20H23FN6O.ClH/c1-3-27-14(2)22-13-18(27)19-17(21)12-23-20(25-19)24-15-4-6-16(7-5-15)26-8-10-28-11-9-26;/h4-7,12-13H,3,8-11H2,1-2H3,(H,23,24,25);1H. The Hall–Kier alpha value is -2.71. The molecule has 0 aliphatic carbocycles. The van der Waals surface area contributed by atoms with Crippen LogP contribution in [0, 0.1) is 12.7 Å². The number of imidazole rings is 1. The maximum Gasteiger partial charge on any atom is 0.227 e. The van der Waals surface area contributed by atoms with Crippen molar-refractivity contribution in [2.45, 2.75) is 20.4 Å². The van der Waals surface area contributed by atoms with Crippen molar-refractivity contribution in [3.05, 3.63) is 48.3 Å². The molecule has 1 aromatic carbocycles. The topological polar surface area (TPSA) is 68.1 Å². The Morgan fingerprint density at radius 1 is 1.10 bits per heavy atom. The van der Waals surface area contributed by atoms with Crippen LogP contribution in [0.25, 0.3) is 11.4 Å². The first-order valence-electron chi connectivity index (χ1n) is 9.40. The molecule has 2 aromatic heterocycles. The third-order valence-electron chi connectivity index (χ3n) is 4.86. The van der Waals surface area contributed by atoms with Gasteiger partial charge in [0.15, 0.2) is 5.82 Å². The van der Waals surface area contributed by atoms with Crippen molar-refractivity contribution in [3.8, 4) is 11.4 Å². The third-order valence-corrected chi connectivity index (χ3v) is 4.86. The van der Waals surface area contributed by atoms with Crippen molar-refractivity contribution in [1.82, 2.24) is 19.5 Å². The van der Waals surface area contributed by atoms with E-state index in [1.807, 2.05) is 42.7 Å². The van der Waals surface area contributed by atoms with E-state index < -0.39 is 5.82 Å². The first-order valence-corrected chi connectivity index (χ1v) is 9.40. The number of hydrogen-bond donors (Lipinski definition) is 1. The molecule has 1 fully saturated rings. The zero-order valence-electron chi connectivity index (χ0n) is 16.4. The normalized spacial score (nSPS) is 13.8. The zero-order valence-corrected chi connectivity index (χ0v) is 17.2. The number of anilines is 3. The Labute approximate surface area is 175 Å². The smallest absolute Gasteiger partial charge is 0.227 e. The highest BCUT2D eigenvalue weighted by atomic mass is 35.5. The molecule has 9 heteroatoms. The molecular formula is C20H24ClFN6O. The minimum atomic E-state index is -0.470. The summed E-state index contributed by atoms with van der Waals surface area (Å²) in [7, 11) is 0. The van der Waals surface area contributed by atoms with Crippen molar-refractivity contribution in [1.29, 1.82) is 0 Å². The minimum Gasteiger partial charge on any atom is -0.378 e. The fourth-order valence-electron chi connectivity index (χ4n) is 3.37. The van der Waals surface area contributed by atoms with Crippen LogP contribution in [0.5, 0.6) is 0 Å². The average Bonchev–Trinajstić information content (AvgIpc) is 3.11. The second-order valence-corrected chi connectivity index (χ2v) is 6.60. The molecule has 0 atom stereocenters. The summed E-state index contributed by atoms with van der Waals surface area (Å²) in [6.45, 7) is 7.85. The molecule has 4 rings (SSSR count). The van der Waals surface area contributed by atoms with E-state index in [0.717, 1.165) is 43.5 Å². The van der Waals surface area contributed by atoms with E-state index in [9.17, 15) is 4.39 Å². The second-order valence-electron chi connectivity index (χ2n) is 6.60. The molecule has 0 amide bonds. The molecular weight excluding hydrogens is 395 g/mol. The predicted octanol–water partition coefficient (Wildman–Crippen LogP) is 3.81. The summed E-state index contributed by atoms with van der Waals surface area (Å²) in [6, 6.07) is 8.04. The monoisotopic (exact) mass is 418 g/mol. The third kappa shape index (κ3) is 4.49. The highest BCUT2D eigenvalue weighted by molar-refractivity contribution is 5.85. The zero-order chi connectivity index (χ0) is 19.5. The lowest BCUT2D eigenvalue weighted by Gasteiger charge is -2.28. The van der Waals surface area contributed by atoms with Gasteiger partial charge in [0.1, 0.15) is 11.5 Å². The number of morpholine rings is 1. The fraction of sp³-hybridized carbons (Fsp3) is 0.350. The van der Waals surface area contributed by atoms with E-state index in [2.05, 4.69) is 25.2 Å². The van der Waals surface area contributed by atoms with Gasteiger partial charge in [-0.05, 0) is 38.1 Å². The second kappa shape index (κ2) is 9.19. The largest absolute Gasteiger partial charge is 0.378 e. The van der Waals surface area contributed by atoms with Crippen LogP contribution in [0.1, 0.15) is 12.7 Å². The Morgan fingerprint density at radius 3 is 2.52 bits per heavy atom. The Balaban J connectivity index is 0.00000240. The average molecular weight is 419 g/mol. The molecule has 1 aliphatic heterocycles. The Morgan fingerprint density at radius 2 is 1.83 bits per heavy atom. The molecule has 1 saturated heterocycles. The highest BCUT2D eigenvalue weighted by Gasteiger charge is 2.16.